The van der Waals surface area contributed by atoms with Gasteiger partial charge in [-0.05, 0) is 46.6 Å². The summed E-state index contributed by atoms with van der Waals surface area (Å²) < 4.78 is 3.11. The molecule has 4 heteroatoms. The van der Waals surface area contributed by atoms with Crippen LogP contribution in [0.2, 0.25) is 0 Å². The Kier molecular flexibility index (Phi) is 3.64. The molecule has 1 aliphatic carbocycles. The normalized spacial score (nSPS) is 23.7. The smallest absolute Gasteiger partial charge is 0.0695 e. The van der Waals surface area contributed by atoms with Crippen molar-refractivity contribution in [1.82, 2.24) is 15.1 Å². The minimum absolute atomic E-state index is 0.423. The van der Waals surface area contributed by atoms with Gasteiger partial charge in [-0.15, -0.1) is 0 Å². The summed E-state index contributed by atoms with van der Waals surface area (Å²) in [6.07, 6.45) is 4.36. The fourth-order valence-electron chi connectivity index (χ4n) is 2.58. The summed E-state index contributed by atoms with van der Waals surface area (Å²) in [5.74, 6) is 0.723. The minimum Gasteiger partial charge on any atom is -0.308 e. The van der Waals surface area contributed by atoms with Crippen molar-refractivity contribution < 1.29 is 0 Å². The molecule has 1 aromatic rings. The van der Waals surface area contributed by atoms with Crippen molar-refractivity contribution in [2.45, 2.75) is 39.7 Å². The lowest BCUT2D eigenvalue weighted by molar-refractivity contribution is 0.395. The predicted octanol–water partition coefficient (Wildman–Crippen LogP) is 3.27. The van der Waals surface area contributed by atoms with Crippen LogP contribution < -0.4 is 5.32 Å². The maximum absolute atomic E-state index is 4.33. The monoisotopic (exact) mass is 299 g/mol. The molecule has 1 fully saturated rings. The molecule has 0 radical (unpaired) electrons. The van der Waals surface area contributed by atoms with E-state index in [1.807, 2.05) is 17.9 Å². The van der Waals surface area contributed by atoms with Crippen molar-refractivity contribution in [1.29, 1.82) is 0 Å². The van der Waals surface area contributed by atoms with Gasteiger partial charge in [0.25, 0.3) is 0 Å². The van der Waals surface area contributed by atoms with Crippen LogP contribution in [0, 0.1) is 11.3 Å². The molecule has 1 aromatic heterocycles. The van der Waals surface area contributed by atoms with Crippen molar-refractivity contribution in [3.8, 4) is 0 Å². The molecule has 1 saturated carbocycles. The molecule has 0 saturated heterocycles. The molecule has 0 amide bonds. The van der Waals surface area contributed by atoms with Gasteiger partial charge in [-0.25, -0.2) is 0 Å². The Morgan fingerprint density at radius 2 is 2.29 bits per heavy atom. The molecular weight excluding hydrogens is 278 g/mol. The van der Waals surface area contributed by atoms with Gasteiger partial charge in [-0.2, -0.15) is 5.10 Å². The molecule has 2 unspecified atom stereocenters. The Bertz CT molecular complexity index is 378. The Hall–Kier alpha value is -0.350. The number of rotatable bonds is 5. The molecule has 0 aliphatic heterocycles. The van der Waals surface area contributed by atoms with E-state index in [2.05, 4.69) is 47.1 Å². The largest absolute Gasteiger partial charge is 0.308 e. The van der Waals surface area contributed by atoms with Gasteiger partial charge in [-0.1, -0.05) is 20.8 Å². The van der Waals surface area contributed by atoms with Gasteiger partial charge in [0.1, 0.15) is 0 Å². The van der Waals surface area contributed by atoms with Crippen LogP contribution in [0.1, 0.15) is 45.3 Å². The van der Waals surface area contributed by atoms with Gasteiger partial charge in [0.05, 0.1) is 22.4 Å². The van der Waals surface area contributed by atoms with E-state index in [1.54, 1.807) is 0 Å². The van der Waals surface area contributed by atoms with E-state index in [-0.39, 0.29) is 0 Å². The van der Waals surface area contributed by atoms with E-state index >= 15 is 0 Å². The molecule has 1 aliphatic rings. The van der Waals surface area contributed by atoms with Gasteiger partial charge in [0.15, 0.2) is 0 Å². The number of halogens is 1. The summed E-state index contributed by atoms with van der Waals surface area (Å²) >= 11 is 3.62. The van der Waals surface area contributed by atoms with Crippen LogP contribution in [0.3, 0.4) is 0 Å². The Balaban J connectivity index is 2.22. The van der Waals surface area contributed by atoms with Crippen LogP contribution >= 0.6 is 15.9 Å². The average Bonchev–Trinajstić information content (AvgIpc) is 2.76. The van der Waals surface area contributed by atoms with E-state index < -0.39 is 0 Å². The maximum Gasteiger partial charge on any atom is 0.0695 e. The molecule has 96 valence electrons. The van der Waals surface area contributed by atoms with Crippen molar-refractivity contribution >= 4 is 15.9 Å². The topological polar surface area (TPSA) is 29.9 Å². The highest BCUT2D eigenvalue weighted by atomic mass is 79.9. The van der Waals surface area contributed by atoms with Gasteiger partial charge >= 0.3 is 0 Å². The Morgan fingerprint density at radius 1 is 1.65 bits per heavy atom. The third-order valence-corrected chi connectivity index (χ3v) is 4.45. The summed E-state index contributed by atoms with van der Waals surface area (Å²) in [4.78, 5) is 0. The average molecular weight is 300 g/mol. The number of aromatic nitrogens is 2. The number of hydrogen-bond acceptors (Lipinski definition) is 2. The highest BCUT2D eigenvalue weighted by molar-refractivity contribution is 9.10. The number of nitrogens with zero attached hydrogens (tertiary/aromatic N) is 2. The molecule has 1 N–H and O–H groups in total. The Morgan fingerprint density at radius 3 is 2.71 bits per heavy atom. The molecule has 0 aromatic carbocycles. The SMILES string of the molecule is CCCNC(c1c(Br)cnn1C)C1CC1(C)C. The van der Waals surface area contributed by atoms with Gasteiger partial charge in [-0.3, -0.25) is 4.68 Å². The number of aryl methyl sites for hydroxylation is 1. The van der Waals surface area contributed by atoms with Crippen molar-refractivity contribution in [2.75, 3.05) is 6.54 Å². The summed E-state index contributed by atoms with van der Waals surface area (Å²) in [6, 6.07) is 0.423. The second-order valence-electron chi connectivity index (χ2n) is 5.73. The zero-order valence-corrected chi connectivity index (χ0v) is 12.7. The van der Waals surface area contributed by atoms with Crippen LogP contribution in [0.15, 0.2) is 10.7 Å². The molecule has 17 heavy (non-hydrogen) atoms. The van der Waals surface area contributed by atoms with Crippen LogP contribution in [0.4, 0.5) is 0 Å². The highest BCUT2D eigenvalue weighted by Crippen LogP contribution is 2.58. The zero-order chi connectivity index (χ0) is 12.6. The van der Waals surface area contributed by atoms with E-state index in [9.17, 15) is 0 Å². The van der Waals surface area contributed by atoms with E-state index in [0.29, 0.717) is 11.5 Å². The third kappa shape index (κ3) is 2.58. The first kappa shape index (κ1) is 13.1. The highest BCUT2D eigenvalue weighted by Gasteiger charge is 2.51. The number of hydrogen-bond donors (Lipinski definition) is 1. The lowest BCUT2D eigenvalue weighted by Crippen LogP contribution is -2.27. The molecule has 1 heterocycles. The summed E-state index contributed by atoms with van der Waals surface area (Å²) in [5, 5.41) is 8.01. The van der Waals surface area contributed by atoms with Crippen LogP contribution in [0.25, 0.3) is 0 Å². The van der Waals surface area contributed by atoms with Gasteiger partial charge in [0.2, 0.25) is 0 Å². The van der Waals surface area contributed by atoms with Gasteiger partial charge < -0.3 is 5.32 Å². The fourth-order valence-corrected chi connectivity index (χ4v) is 3.17. The summed E-state index contributed by atoms with van der Waals surface area (Å²) in [5.41, 5.74) is 1.75. The first-order valence-electron chi connectivity index (χ1n) is 6.38. The molecule has 0 spiro atoms. The van der Waals surface area contributed by atoms with Gasteiger partial charge in [0, 0.05) is 7.05 Å². The van der Waals surface area contributed by atoms with Crippen LogP contribution in [-0.4, -0.2) is 16.3 Å². The second kappa shape index (κ2) is 4.73. The molecule has 0 bridgehead atoms. The van der Waals surface area contributed by atoms with Crippen LogP contribution in [-0.2, 0) is 7.05 Å². The molecule has 2 rings (SSSR count). The predicted molar refractivity (Wildman–Crippen MR) is 73.8 cm³/mol. The molecule has 3 nitrogen and oxygen atoms in total. The zero-order valence-electron chi connectivity index (χ0n) is 11.1. The lowest BCUT2D eigenvalue weighted by Gasteiger charge is -2.21. The number of nitrogens with one attached hydrogen (secondary N) is 1. The third-order valence-electron chi connectivity index (χ3n) is 3.84. The van der Waals surface area contributed by atoms with Crippen molar-refractivity contribution in [2.24, 2.45) is 18.4 Å². The van der Waals surface area contributed by atoms with E-state index in [4.69, 9.17) is 0 Å². The van der Waals surface area contributed by atoms with E-state index in [0.717, 1.165) is 16.9 Å². The van der Waals surface area contributed by atoms with Crippen molar-refractivity contribution in [3.63, 3.8) is 0 Å². The minimum atomic E-state index is 0.423. The van der Waals surface area contributed by atoms with Crippen molar-refractivity contribution in [3.05, 3.63) is 16.4 Å². The maximum atomic E-state index is 4.33. The van der Waals surface area contributed by atoms with E-state index in [1.165, 1.54) is 18.5 Å². The first-order valence-corrected chi connectivity index (χ1v) is 7.17. The first-order chi connectivity index (χ1) is 7.97. The lowest BCUT2D eigenvalue weighted by atomic mass is 10.0. The Labute approximate surface area is 112 Å². The standard InChI is InChI=1S/C13H22BrN3/c1-5-6-15-11(9-7-13(9,2)3)12-10(14)8-16-17(12)4/h8-9,11,15H,5-7H2,1-4H3. The molecular formula is C13H22BrN3. The summed E-state index contributed by atoms with van der Waals surface area (Å²) in [6.45, 7) is 7.97. The summed E-state index contributed by atoms with van der Waals surface area (Å²) in [7, 11) is 2.02. The second-order valence-corrected chi connectivity index (χ2v) is 6.59. The fraction of sp³-hybridized carbons (Fsp3) is 0.769. The molecule has 2 atom stereocenters. The quantitative estimate of drug-likeness (QED) is 0.904. The van der Waals surface area contributed by atoms with Crippen LogP contribution in [0.5, 0.6) is 0 Å².